The number of para-hydroxylation sites is 1. The number of hydrogen-bond acceptors (Lipinski definition) is 3. The van der Waals surface area contributed by atoms with Crippen molar-refractivity contribution in [1.29, 1.82) is 0 Å². The number of hydrogen-bond donors (Lipinski definition) is 2. The van der Waals surface area contributed by atoms with Gasteiger partial charge < -0.3 is 15.4 Å². The molecule has 0 saturated carbocycles. The van der Waals surface area contributed by atoms with Crippen LogP contribution in [0.4, 0.5) is 15.8 Å². The molecule has 0 unspecified atom stereocenters. The van der Waals surface area contributed by atoms with Gasteiger partial charge in [0.05, 0.1) is 20.2 Å². The Kier molecular flexibility index (Phi) is 7.36. The number of halogens is 4. The van der Waals surface area contributed by atoms with Gasteiger partial charge in [0.25, 0.3) is 5.91 Å². The molecule has 0 aliphatic rings. The number of ether oxygens (including phenoxy) is 1. The summed E-state index contributed by atoms with van der Waals surface area (Å²) in [4.78, 5) is 12.0. The van der Waals surface area contributed by atoms with Gasteiger partial charge >= 0.3 is 0 Å². The zero-order chi connectivity index (χ0) is 20.8. The van der Waals surface area contributed by atoms with Crippen molar-refractivity contribution in [3.63, 3.8) is 0 Å². The predicted octanol–water partition coefficient (Wildman–Crippen LogP) is 6.52. The van der Waals surface area contributed by atoms with Crippen LogP contribution >= 0.6 is 39.1 Å². The lowest BCUT2D eigenvalue weighted by Crippen LogP contribution is -2.20. The zero-order valence-electron chi connectivity index (χ0n) is 15.0. The van der Waals surface area contributed by atoms with E-state index in [9.17, 15) is 9.18 Å². The van der Waals surface area contributed by atoms with Crippen LogP contribution in [-0.4, -0.2) is 12.5 Å². The molecule has 0 radical (unpaired) electrons. The first-order valence-corrected chi connectivity index (χ1v) is 10.1. The average Bonchev–Trinajstić information content (AvgIpc) is 2.70. The van der Waals surface area contributed by atoms with Gasteiger partial charge in [-0.2, -0.15) is 0 Å². The van der Waals surface area contributed by atoms with Crippen molar-refractivity contribution >= 4 is 56.4 Å². The van der Waals surface area contributed by atoms with Crippen molar-refractivity contribution in [2.24, 2.45) is 0 Å². The van der Waals surface area contributed by atoms with Gasteiger partial charge in [-0.25, -0.2) is 4.39 Å². The Morgan fingerprint density at radius 3 is 2.55 bits per heavy atom. The highest BCUT2D eigenvalue weighted by Gasteiger charge is 2.09. The fourth-order valence-electron chi connectivity index (χ4n) is 2.47. The van der Waals surface area contributed by atoms with E-state index < -0.39 is 11.7 Å². The number of anilines is 2. The molecule has 29 heavy (non-hydrogen) atoms. The molecule has 1 amide bonds. The molecule has 0 atom stereocenters. The summed E-state index contributed by atoms with van der Waals surface area (Å²) in [7, 11) is 0. The van der Waals surface area contributed by atoms with Crippen molar-refractivity contribution in [3.8, 4) is 5.75 Å². The quantitative estimate of drug-likeness (QED) is 0.390. The van der Waals surface area contributed by atoms with Crippen LogP contribution in [0.1, 0.15) is 5.56 Å². The third-order valence-corrected chi connectivity index (χ3v) is 5.28. The minimum absolute atomic E-state index is 0.115. The van der Waals surface area contributed by atoms with E-state index in [0.29, 0.717) is 26.8 Å². The fourth-order valence-corrected chi connectivity index (χ4v) is 3.31. The third kappa shape index (κ3) is 6.10. The minimum atomic E-state index is -0.499. The van der Waals surface area contributed by atoms with Crippen LogP contribution in [0.15, 0.2) is 65.1 Å². The largest absolute Gasteiger partial charge is 0.483 e. The van der Waals surface area contributed by atoms with Crippen molar-refractivity contribution in [2.45, 2.75) is 6.54 Å². The van der Waals surface area contributed by atoms with Crippen LogP contribution in [0.3, 0.4) is 0 Å². The van der Waals surface area contributed by atoms with Gasteiger partial charge in [0.2, 0.25) is 0 Å². The van der Waals surface area contributed by atoms with Gasteiger partial charge in [-0.3, -0.25) is 4.79 Å². The first-order chi connectivity index (χ1) is 13.9. The summed E-state index contributed by atoms with van der Waals surface area (Å²) in [5, 5.41) is 6.71. The summed E-state index contributed by atoms with van der Waals surface area (Å²) >= 11 is 15.4. The van der Waals surface area contributed by atoms with E-state index in [2.05, 4.69) is 26.6 Å². The van der Waals surface area contributed by atoms with E-state index in [1.54, 1.807) is 30.3 Å². The van der Waals surface area contributed by atoms with E-state index in [0.717, 1.165) is 11.3 Å². The lowest BCUT2D eigenvalue weighted by Gasteiger charge is -2.12. The molecule has 150 valence electrons. The van der Waals surface area contributed by atoms with Crippen LogP contribution < -0.4 is 15.4 Å². The SMILES string of the molecule is O=C(COc1ccc(CNc2ccc(Cl)c(Cl)c2)cc1Br)Nc1ccccc1F. The molecule has 0 aliphatic carbocycles. The molecule has 0 fully saturated rings. The molecule has 4 nitrogen and oxygen atoms in total. The Bertz CT molecular complexity index is 1030. The normalized spacial score (nSPS) is 10.5. The second kappa shape index (κ2) is 9.96. The molecule has 0 heterocycles. The molecule has 8 heteroatoms. The topological polar surface area (TPSA) is 50.4 Å². The maximum absolute atomic E-state index is 13.6. The molecule has 0 saturated heterocycles. The van der Waals surface area contributed by atoms with E-state index >= 15 is 0 Å². The van der Waals surface area contributed by atoms with Gasteiger partial charge in [0, 0.05) is 12.2 Å². The molecular formula is C21H16BrCl2FN2O2. The molecular weight excluding hydrogens is 482 g/mol. The maximum atomic E-state index is 13.6. The van der Waals surface area contributed by atoms with Gasteiger partial charge in [-0.05, 0) is 64.0 Å². The van der Waals surface area contributed by atoms with Gasteiger partial charge in [-0.15, -0.1) is 0 Å². The maximum Gasteiger partial charge on any atom is 0.262 e. The van der Waals surface area contributed by atoms with Crippen LogP contribution in [0, 0.1) is 5.82 Å². The number of rotatable bonds is 7. The van der Waals surface area contributed by atoms with Crippen molar-refractivity contribution in [1.82, 2.24) is 0 Å². The minimum Gasteiger partial charge on any atom is -0.483 e. The number of benzene rings is 3. The van der Waals surface area contributed by atoms with Crippen LogP contribution in [0.2, 0.25) is 10.0 Å². The van der Waals surface area contributed by atoms with E-state index in [-0.39, 0.29) is 12.3 Å². The first-order valence-electron chi connectivity index (χ1n) is 8.57. The summed E-state index contributed by atoms with van der Waals surface area (Å²) in [6.07, 6.45) is 0. The Labute approximate surface area is 186 Å². The number of nitrogens with one attached hydrogen (secondary N) is 2. The standard InChI is InChI=1S/C21H16BrCl2FN2O2/c22-15-9-13(11-26-14-6-7-16(23)17(24)10-14)5-8-20(15)29-12-21(28)27-19-4-2-1-3-18(19)25/h1-10,26H,11-12H2,(H,27,28). The summed E-state index contributed by atoms with van der Waals surface area (Å²) in [6, 6.07) is 16.8. The molecule has 0 aromatic heterocycles. The Morgan fingerprint density at radius 1 is 1.03 bits per heavy atom. The monoisotopic (exact) mass is 496 g/mol. The van der Waals surface area contributed by atoms with Gasteiger partial charge in [0.1, 0.15) is 11.6 Å². The molecule has 0 aliphatic heterocycles. The van der Waals surface area contributed by atoms with E-state index in [1.807, 2.05) is 18.2 Å². The molecule has 3 aromatic rings. The zero-order valence-corrected chi connectivity index (χ0v) is 18.1. The third-order valence-electron chi connectivity index (χ3n) is 3.92. The molecule has 3 rings (SSSR count). The number of carbonyl (C=O) groups excluding carboxylic acids is 1. The van der Waals surface area contributed by atoms with Gasteiger partial charge in [0.15, 0.2) is 6.61 Å². The molecule has 0 spiro atoms. The molecule has 3 aromatic carbocycles. The van der Waals surface area contributed by atoms with E-state index in [4.69, 9.17) is 27.9 Å². The molecule has 0 bridgehead atoms. The average molecular weight is 498 g/mol. The summed E-state index contributed by atoms with van der Waals surface area (Å²) in [6.45, 7) is 0.318. The van der Waals surface area contributed by atoms with Gasteiger partial charge in [-0.1, -0.05) is 41.4 Å². The highest BCUT2D eigenvalue weighted by atomic mass is 79.9. The Morgan fingerprint density at radius 2 is 1.83 bits per heavy atom. The number of amides is 1. The van der Waals surface area contributed by atoms with E-state index in [1.165, 1.54) is 12.1 Å². The Hall–Kier alpha value is -2.28. The fraction of sp³-hybridized carbons (Fsp3) is 0.0952. The highest BCUT2D eigenvalue weighted by molar-refractivity contribution is 9.10. The molecule has 2 N–H and O–H groups in total. The predicted molar refractivity (Wildman–Crippen MR) is 118 cm³/mol. The van der Waals surface area contributed by atoms with Crippen LogP contribution in [0.5, 0.6) is 5.75 Å². The van der Waals surface area contributed by atoms with Crippen molar-refractivity contribution in [2.75, 3.05) is 17.2 Å². The van der Waals surface area contributed by atoms with Crippen molar-refractivity contribution in [3.05, 3.63) is 86.6 Å². The Balaban J connectivity index is 1.54. The summed E-state index contributed by atoms with van der Waals surface area (Å²) < 4.78 is 19.8. The summed E-state index contributed by atoms with van der Waals surface area (Å²) in [5.74, 6) is -0.444. The smallest absolute Gasteiger partial charge is 0.262 e. The van der Waals surface area contributed by atoms with Crippen LogP contribution in [-0.2, 0) is 11.3 Å². The first kappa shape index (κ1) is 21.4. The van der Waals surface area contributed by atoms with Crippen molar-refractivity contribution < 1.29 is 13.9 Å². The second-order valence-corrected chi connectivity index (χ2v) is 7.73. The van der Waals surface area contributed by atoms with Crippen LogP contribution in [0.25, 0.3) is 0 Å². The summed E-state index contributed by atoms with van der Waals surface area (Å²) in [5.41, 5.74) is 1.95. The highest BCUT2D eigenvalue weighted by Crippen LogP contribution is 2.28. The number of carbonyl (C=O) groups is 1. The lowest BCUT2D eigenvalue weighted by molar-refractivity contribution is -0.118. The lowest BCUT2D eigenvalue weighted by atomic mass is 10.2. The second-order valence-electron chi connectivity index (χ2n) is 6.06.